The molecule has 0 aliphatic heterocycles. The van der Waals surface area contributed by atoms with Gasteiger partial charge in [0.15, 0.2) is 5.16 Å². The molecule has 0 spiro atoms. The molecule has 2 heterocycles. The van der Waals surface area contributed by atoms with Crippen LogP contribution >= 0.6 is 11.8 Å². The number of nitrogens with zero attached hydrogens (tertiary/aromatic N) is 3. The second kappa shape index (κ2) is 5.79. The van der Waals surface area contributed by atoms with E-state index in [0.717, 1.165) is 17.5 Å². The second-order valence-corrected chi connectivity index (χ2v) is 4.97. The van der Waals surface area contributed by atoms with Gasteiger partial charge in [0.05, 0.1) is 12.0 Å². The maximum Gasteiger partial charge on any atom is 0.313 e. The molecule has 3 N–H and O–H groups in total. The lowest BCUT2D eigenvalue weighted by molar-refractivity contribution is -0.133. The highest BCUT2D eigenvalue weighted by atomic mass is 32.2. The molecule has 2 aromatic heterocycles. The third-order valence-corrected chi connectivity index (χ3v) is 3.46. The van der Waals surface area contributed by atoms with Crippen LogP contribution in [0, 0.1) is 0 Å². The van der Waals surface area contributed by atoms with Gasteiger partial charge in [-0.25, -0.2) is 0 Å². The lowest BCUT2D eigenvalue weighted by Gasteiger charge is -2.14. The van der Waals surface area contributed by atoms with Crippen LogP contribution in [0.3, 0.4) is 0 Å². The molecule has 0 radical (unpaired) electrons. The Balaban J connectivity index is 2.13. The van der Waals surface area contributed by atoms with Crippen molar-refractivity contribution in [1.82, 2.24) is 14.8 Å². The van der Waals surface area contributed by atoms with E-state index in [1.807, 2.05) is 19.1 Å². The highest BCUT2D eigenvalue weighted by Crippen LogP contribution is 2.25. The van der Waals surface area contributed by atoms with E-state index in [0.29, 0.717) is 11.6 Å². The van der Waals surface area contributed by atoms with Crippen molar-refractivity contribution in [2.45, 2.75) is 24.5 Å². The van der Waals surface area contributed by atoms with Gasteiger partial charge < -0.3 is 15.3 Å². The van der Waals surface area contributed by atoms with E-state index >= 15 is 0 Å². The summed E-state index contributed by atoms with van der Waals surface area (Å²) in [6, 6.07) is 3.68. The Hall–Kier alpha value is -1.96. The van der Waals surface area contributed by atoms with Crippen molar-refractivity contribution >= 4 is 23.7 Å². The number of carboxylic acids is 1. The van der Waals surface area contributed by atoms with Crippen LogP contribution in [0.1, 0.15) is 18.7 Å². The highest BCUT2D eigenvalue weighted by Gasteiger charge is 2.18. The zero-order valence-electron chi connectivity index (χ0n) is 10.3. The molecule has 2 aromatic rings. The number of nitrogens with two attached hydrogens (primary N) is 1. The van der Waals surface area contributed by atoms with Gasteiger partial charge in [0.1, 0.15) is 5.76 Å². The fourth-order valence-electron chi connectivity index (χ4n) is 1.74. The van der Waals surface area contributed by atoms with Crippen molar-refractivity contribution in [2.75, 3.05) is 11.5 Å². The number of aromatic nitrogens is 3. The van der Waals surface area contributed by atoms with Crippen LogP contribution in [0.2, 0.25) is 0 Å². The zero-order chi connectivity index (χ0) is 13.8. The second-order valence-electron chi connectivity index (χ2n) is 4.03. The molecule has 0 saturated carbocycles. The summed E-state index contributed by atoms with van der Waals surface area (Å²) in [6.07, 6.45) is 2.24. The quantitative estimate of drug-likeness (QED) is 0.772. The van der Waals surface area contributed by atoms with E-state index in [-0.39, 0.29) is 17.7 Å². The molecule has 0 saturated heterocycles. The first-order valence-electron chi connectivity index (χ1n) is 5.65. The van der Waals surface area contributed by atoms with E-state index in [9.17, 15) is 4.79 Å². The SMILES string of the molecule is CC(Cc1ccco1)n1c(N)nnc1SCC(=O)O. The third-order valence-electron chi connectivity index (χ3n) is 2.53. The fourth-order valence-corrected chi connectivity index (χ4v) is 2.50. The first kappa shape index (κ1) is 13.5. The van der Waals surface area contributed by atoms with Crippen LogP contribution in [0.15, 0.2) is 28.0 Å². The lowest BCUT2D eigenvalue weighted by atomic mass is 10.2. The van der Waals surface area contributed by atoms with Crippen LogP contribution in [-0.2, 0) is 11.2 Å². The van der Waals surface area contributed by atoms with Crippen LogP contribution in [0.25, 0.3) is 0 Å². The standard InChI is InChI=1S/C11H14N4O3S/c1-7(5-8-3-2-4-18-8)15-10(12)13-14-11(15)19-6-9(16)17/h2-4,7H,5-6H2,1H3,(H2,12,13)(H,16,17). The molecule has 0 bridgehead atoms. The minimum absolute atomic E-state index is 0.0163. The minimum atomic E-state index is -0.906. The van der Waals surface area contributed by atoms with E-state index < -0.39 is 5.97 Å². The smallest absolute Gasteiger partial charge is 0.313 e. The van der Waals surface area contributed by atoms with E-state index in [1.165, 1.54) is 0 Å². The van der Waals surface area contributed by atoms with Crippen molar-refractivity contribution in [2.24, 2.45) is 0 Å². The van der Waals surface area contributed by atoms with Gasteiger partial charge in [-0.1, -0.05) is 11.8 Å². The van der Waals surface area contributed by atoms with Gasteiger partial charge in [-0.05, 0) is 19.1 Å². The first-order valence-corrected chi connectivity index (χ1v) is 6.64. The summed E-state index contributed by atoms with van der Waals surface area (Å²) in [6.45, 7) is 1.95. The maximum atomic E-state index is 10.6. The molecular weight excluding hydrogens is 268 g/mol. The molecule has 0 aromatic carbocycles. The molecule has 8 heteroatoms. The van der Waals surface area contributed by atoms with Gasteiger partial charge in [-0.15, -0.1) is 10.2 Å². The Labute approximate surface area is 113 Å². The highest BCUT2D eigenvalue weighted by molar-refractivity contribution is 7.99. The number of thioether (sulfide) groups is 1. The maximum absolute atomic E-state index is 10.6. The van der Waals surface area contributed by atoms with Crippen molar-refractivity contribution in [3.05, 3.63) is 24.2 Å². The van der Waals surface area contributed by atoms with Crippen molar-refractivity contribution in [1.29, 1.82) is 0 Å². The molecule has 19 heavy (non-hydrogen) atoms. The molecule has 2 rings (SSSR count). The number of carboxylic acid groups (broad SMARTS) is 1. The summed E-state index contributed by atoms with van der Waals surface area (Å²) in [5.74, 6) is 0.115. The summed E-state index contributed by atoms with van der Waals surface area (Å²) in [5, 5.41) is 16.9. The summed E-state index contributed by atoms with van der Waals surface area (Å²) in [4.78, 5) is 10.6. The number of rotatable bonds is 6. The summed E-state index contributed by atoms with van der Waals surface area (Å²) >= 11 is 1.10. The lowest BCUT2D eigenvalue weighted by Crippen LogP contribution is -2.13. The van der Waals surface area contributed by atoms with Crippen molar-refractivity contribution in [3.63, 3.8) is 0 Å². The van der Waals surface area contributed by atoms with Gasteiger partial charge in [0.2, 0.25) is 5.95 Å². The number of hydrogen-bond donors (Lipinski definition) is 2. The largest absolute Gasteiger partial charge is 0.481 e. The van der Waals surface area contributed by atoms with Crippen molar-refractivity contribution < 1.29 is 14.3 Å². The molecule has 0 amide bonds. The van der Waals surface area contributed by atoms with Crippen molar-refractivity contribution in [3.8, 4) is 0 Å². The van der Waals surface area contributed by atoms with E-state index in [2.05, 4.69) is 10.2 Å². The van der Waals surface area contributed by atoms with E-state index in [1.54, 1.807) is 10.8 Å². The summed E-state index contributed by atoms with van der Waals surface area (Å²) in [5.41, 5.74) is 5.78. The fraction of sp³-hybridized carbons (Fsp3) is 0.364. The number of aliphatic carboxylic acids is 1. The predicted molar refractivity (Wildman–Crippen MR) is 69.9 cm³/mol. The average molecular weight is 282 g/mol. The molecule has 7 nitrogen and oxygen atoms in total. The van der Waals surface area contributed by atoms with Gasteiger partial charge in [0, 0.05) is 12.5 Å². The van der Waals surface area contributed by atoms with Gasteiger partial charge >= 0.3 is 5.97 Å². The van der Waals surface area contributed by atoms with Crippen LogP contribution in [0.5, 0.6) is 0 Å². The average Bonchev–Trinajstić information content (AvgIpc) is 2.96. The molecular formula is C11H14N4O3S. The Morgan fingerprint density at radius 3 is 3.05 bits per heavy atom. The Morgan fingerprint density at radius 2 is 2.42 bits per heavy atom. The topological polar surface area (TPSA) is 107 Å². The minimum Gasteiger partial charge on any atom is -0.481 e. The molecule has 1 unspecified atom stereocenters. The zero-order valence-corrected chi connectivity index (χ0v) is 11.1. The monoisotopic (exact) mass is 282 g/mol. The molecule has 0 aliphatic rings. The molecule has 0 fully saturated rings. The van der Waals surface area contributed by atoms with Gasteiger partial charge in [-0.3, -0.25) is 9.36 Å². The Kier molecular flexibility index (Phi) is 4.10. The van der Waals surface area contributed by atoms with E-state index in [4.69, 9.17) is 15.3 Å². The first-order chi connectivity index (χ1) is 9.08. The Bertz CT molecular complexity index is 552. The van der Waals surface area contributed by atoms with Gasteiger partial charge in [0.25, 0.3) is 0 Å². The number of carbonyl (C=O) groups is 1. The number of anilines is 1. The van der Waals surface area contributed by atoms with Crippen LogP contribution in [-0.4, -0.2) is 31.6 Å². The predicted octanol–water partition coefficient (Wildman–Crippen LogP) is 1.43. The summed E-state index contributed by atoms with van der Waals surface area (Å²) in [7, 11) is 0. The third kappa shape index (κ3) is 3.28. The number of hydrogen-bond acceptors (Lipinski definition) is 6. The Morgan fingerprint density at radius 1 is 1.63 bits per heavy atom. The normalized spacial score (nSPS) is 12.5. The number of nitrogen functional groups attached to an aromatic ring is 1. The van der Waals surface area contributed by atoms with Gasteiger partial charge in [-0.2, -0.15) is 0 Å². The molecule has 1 atom stereocenters. The molecule has 0 aliphatic carbocycles. The molecule has 102 valence electrons. The van der Waals surface area contributed by atoms with Crippen LogP contribution in [0.4, 0.5) is 5.95 Å². The number of furan rings is 1. The van der Waals surface area contributed by atoms with Crippen LogP contribution < -0.4 is 5.73 Å². The summed E-state index contributed by atoms with van der Waals surface area (Å²) < 4.78 is 7.00.